The molecule has 20 heavy (non-hydrogen) atoms. The predicted molar refractivity (Wildman–Crippen MR) is 75.8 cm³/mol. The second-order valence-corrected chi connectivity index (χ2v) is 5.48. The molecule has 0 saturated carbocycles. The Morgan fingerprint density at radius 2 is 2.35 bits per heavy atom. The third-order valence-corrected chi connectivity index (χ3v) is 3.92. The van der Waals surface area contributed by atoms with Crippen LogP contribution < -0.4 is 0 Å². The lowest BCUT2D eigenvalue weighted by Gasteiger charge is -2.07. The lowest BCUT2D eigenvalue weighted by molar-refractivity contribution is 0.0592. The van der Waals surface area contributed by atoms with Crippen LogP contribution in [0.25, 0.3) is 5.65 Å². The van der Waals surface area contributed by atoms with Crippen LogP contribution >= 0.6 is 0 Å². The molecule has 0 amide bonds. The quantitative estimate of drug-likeness (QED) is 0.797. The van der Waals surface area contributed by atoms with Gasteiger partial charge in [-0.05, 0) is 44.5 Å². The van der Waals surface area contributed by atoms with E-state index < -0.39 is 0 Å². The monoisotopic (exact) mass is 273 g/mol. The lowest BCUT2D eigenvalue weighted by Crippen LogP contribution is -2.15. The van der Waals surface area contributed by atoms with E-state index in [1.807, 2.05) is 22.7 Å². The molecule has 1 aliphatic heterocycles. The summed E-state index contributed by atoms with van der Waals surface area (Å²) in [6.07, 6.45) is 4.14. The molecular weight excluding hydrogens is 254 g/mol. The molecule has 0 aliphatic carbocycles. The van der Waals surface area contributed by atoms with Crippen molar-refractivity contribution in [1.29, 1.82) is 0 Å². The van der Waals surface area contributed by atoms with E-state index in [9.17, 15) is 4.79 Å². The second kappa shape index (κ2) is 5.25. The third kappa shape index (κ3) is 2.41. The fourth-order valence-corrected chi connectivity index (χ4v) is 2.92. The zero-order valence-electron chi connectivity index (χ0n) is 11.9. The first-order valence-corrected chi connectivity index (χ1v) is 6.91. The van der Waals surface area contributed by atoms with Crippen LogP contribution in [-0.2, 0) is 11.2 Å². The Kier molecular flexibility index (Phi) is 3.44. The summed E-state index contributed by atoms with van der Waals surface area (Å²) < 4.78 is 6.63. The minimum Gasteiger partial charge on any atom is -0.464 e. The Morgan fingerprint density at radius 1 is 1.50 bits per heavy atom. The van der Waals surface area contributed by atoms with Gasteiger partial charge in [0.15, 0.2) is 0 Å². The highest BCUT2D eigenvalue weighted by Gasteiger charge is 2.21. The molecule has 1 saturated heterocycles. The summed E-state index contributed by atoms with van der Waals surface area (Å²) in [6.45, 7) is 2.28. The Morgan fingerprint density at radius 3 is 3.05 bits per heavy atom. The van der Waals surface area contributed by atoms with Crippen molar-refractivity contribution < 1.29 is 9.53 Å². The molecule has 0 N–H and O–H groups in total. The van der Waals surface area contributed by atoms with Gasteiger partial charge in [-0.3, -0.25) is 4.40 Å². The molecule has 2 aromatic heterocycles. The van der Waals surface area contributed by atoms with Gasteiger partial charge in [-0.2, -0.15) is 0 Å². The summed E-state index contributed by atoms with van der Waals surface area (Å²) >= 11 is 0. The summed E-state index contributed by atoms with van der Waals surface area (Å²) in [6, 6.07) is 5.51. The topological polar surface area (TPSA) is 46.8 Å². The summed E-state index contributed by atoms with van der Waals surface area (Å²) in [5.41, 5.74) is 2.36. The summed E-state index contributed by atoms with van der Waals surface area (Å²) in [5, 5.41) is 0. The molecule has 1 aliphatic rings. The first kappa shape index (κ1) is 13.1. The van der Waals surface area contributed by atoms with Gasteiger partial charge in [0.05, 0.1) is 12.8 Å². The molecule has 1 fully saturated rings. The minimum atomic E-state index is -0.333. The van der Waals surface area contributed by atoms with E-state index in [2.05, 4.69) is 16.9 Å². The van der Waals surface area contributed by atoms with Gasteiger partial charge in [0.2, 0.25) is 0 Å². The molecule has 3 rings (SSSR count). The van der Waals surface area contributed by atoms with Gasteiger partial charge in [0, 0.05) is 12.7 Å². The van der Waals surface area contributed by atoms with E-state index >= 15 is 0 Å². The number of fused-ring (bicyclic) bond motifs is 1. The van der Waals surface area contributed by atoms with Crippen molar-refractivity contribution in [3.8, 4) is 0 Å². The maximum absolute atomic E-state index is 11.7. The van der Waals surface area contributed by atoms with Crippen LogP contribution in [0.3, 0.4) is 0 Å². The number of likely N-dealkylation sites (tertiary alicyclic amines) is 1. The number of hydrogen-bond acceptors (Lipinski definition) is 4. The highest BCUT2D eigenvalue weighted by Crippen LogP contribution is 2.20. The molecule has 3 heterocycles. The summed E-state index contributed by atoms with van der Waals surface area (Å²) in [7, 11) is 3.55. The van der Waals surface area contributed by atoms with Gasteiger partial charge in [0.25, 0.3) is 0 Å². The van der Waals surface area contributed by atoms with E-state index in [1.54, 1.807) is 6.07 Å². The standard InChI is InChI=1S/C15H19N3O2/c1-17-7-6-11(9-17)8-12-10-18-13(15(19)20-2)4-3-5-14(18)16-12/h3-5,10-11H,6-9H2,1-2H3. The van der Waals surface area contributed by atoms with E-state index in [0.29, 0.717) is 11.6 Å². The summed E-state index contributed by atoms with van der Waals surface area (Å²) in [4.78, 5) is 18.7. The first-order chi connectivity index (χ1) is 9.67. The molecule has 0 radical (unpaired) electrons. The average Bonchev–Trinajstić information content (AvgIpc) is 3.03. The molecule has 2 aromatic rings. The van der Waals surface area contributed by atoms with Crippen molar-refractivity contribution in [3.05, 3.63) is 35.8 Å². The molecule has 0 aromatic carbocycles. The zero-order valence-corrected chi connectivity index (χ0v) is 11.9. The number of ether oxygens (including phenoxy) is 1. The molecule has 0 spiro atoms. The van der Waals surface area contributed by atoms with E-state index in [0.717, 1.165) is 30.9 Å². The maximum Gasteiger partial charge on any atom is 0.355 e. The van der Waals surface area contributed by atoms with Crippen LogP contribution in [0.5, 0.6) is 0 Å². The van der Waals surface area contributed by atoms with E-state index in [-0.39, 0.29) is 5.97 Å². The SMILES string of the molecule is COC(=O)c1cccc2nc(CC3CCN(C)C3)cn12. The van der Waals surface area contributed by atoms with Crippen molar-refractivity contribution in [1.82, 2.24) is 14.3 Å². The lowest BCUT2D eigenvalue weighted by atomic mass is 10.0. The van der Waals surface area contributed by atoms with Gasteiger partial charge in [-0.25, -0.2) is 9.78 Å². The third-order valence-electron chi connectivity index (χ3n) is 3.92. The number of imidazole rings is 1. The molecular formula is C15H19N3O2. The number of carbonyl (C=O) groups is 1. The van der Waals surface area contributed by atoms with Crippen LogP contribution in [0.4, 0.5) is 0 Å². The Balaban J connectivity index is 1.88. The van der Waals surface area contributed by atoms with Crippen LogP contribution in [0.1, 0.15) is 22.6 Å². The number of hydrogen-bond donors (Lipinski definition) is 0. The van der Waals surface area contributed by atoms with Crippen molar-refractivity contribution in [2.24, 2.45) is 5.92 Å². The van der Waals surface area contributed by atoms with Crippen molar-refractivity contribution in [2.45, 2.75) is 12.8 Å². The Hall–Kier alpha value is -1.88. The van der Waals surface area contributed by atoms with Gasteiger partial charge < -0.3 is 9.64 Å². The fraction of sp³-hybridized carbons (Fsp3) is 0.467. The highest BCUT2D eigenvalue weighted by molar-refractivity contribution is 5.88. The van der Waals surface area contributed by atoms with E-state index in [4.69, 9.17) is 4.74 Å². The average molecular weight is 273 g/mol. The van der Waals surface area contributed by atoms with Crippen LogP contribution in [0.15, 0.2) is 24.4 Å². The predicted octanol–water partition coefficient (Wildman–Crippen LogP) is 1.62. The Labute approximate surface area is 118 Å². The van der Waals surface area contributed by atoms with Crippen LogP contribution in [-0.4, -0.2) is 47.5 Å². The highest BCUT2D eigenvalue weighted by atomic mass is 16.5. The Bertz CT molecular complexity index is 635. The molecule has 5 heteroatoms. The zero-order chi connectivity index (χ0) is 14.1. The van der Waals surface area contributed by atoms with Crippen LogP contribution in [0.2, 0.25) is 0 Å². The smallest absolute Gasteiger partial charge is 0.355 e. The fourth-order valence-electron chi connectivity index (χ4n) is 2.92. The second-order valence-electron chi connectivity index (χ2n) is 5.48. The molecule has 0 bridgehead atoms. The molecule has 1 atom stereocenters. The number of pyridine rings is 1. The van der Waals surface area contributed by atoms with Crippen molar-refractivity contribution >= 4 is 11.6 Å². The van der Waals surface area contributed by atoms with Gasteiger partial charge in [-0.15, -0.1) is 0 Å². The normalized spacial score (nSPS) is 19.6. The van der Waals surface area contributed by atoms with Crippen molar-refractivity contribution in [2.75, 3.05) is 27.2 Å². The van der Waals surface area contributed by atoms with Gasteiger partial charge in [0.1, 0.15) is 11.3 Å². The van der Waals surface area contributed by atoms with Crippen molar-refractivity contribution in [3.63, 3.8) is 0 Å². The number of nitrogens with zero attached hydrogens (tertiary/aromatic N) is 3. The number of aromatic nitrogens is 2. The van der Waals surface area contributed by atoms with Gasteiger partial charge in [-0.1, -0.05) is 6.07 Å². The summed E-state index contributed by atoms with van der Waals surface area (Å²) in [5.74, 6) is 0.326. The largest absolute Gasteiger partial charge is 0.464 e. The number of esters is 1. The molecule has 106 valence electrons. The molecule has 1 unspecified atom stereocenters. The minimum absolute atomic E-state index is 0.333. The van der Waals surface area contributed by atoms with E-state index in [1.165, 1.54) is 13.5 Å². The maximum atomic E-state index is 11.7. The van der Waals surface area contributed by atoms with Gasteiger partial charge >= 0.3 is 5.97 Å². The number of methoxy groups -OCH3 is 1. The number of rotatable bonds is 3. The van der Waals surface area contributed by atoms with Crippen LogP contribution in [0, 0.1) is 5.92 Å². The first-order valence-electron chi connectivity index (χ1n) is 6.91. The number of carbonyl (C=O) groups excluding carboxylic acids is 1. The molecule has 5 nitrogen and oxygen atoms in total.